The second kappa shape index (κ2) is 7.19. The lowest BCUT2D eigenvalue weighted by molar-refractivity contribution is 0.0751. The van der Waals surface area contributed by atoms with Gasteiger partial charge in [-0.1, -0.05) is 0 Å². The molecule has 138 valence electrons. The number of nitrogens with zero attached hydrogens (tertiary/aromatic N) is 5. The smallest absolute Gasteiger partial charge is 0.289 e. The highest BCUT2D eigenvalue weighted by Gasteiger charge is 2.18. The largest absolute Gasteiger partial charge is 0.454 e. The highest BCUT2D eigenvalue weighted by atomic mass is 16.4. The lowest BCUT2D eigenvalue weighted by Gasteiger charge is -2.15. The minimum absolute atomic E-state index is 0.145. The Kier molecular flexibility index (Phi) is 4.97. The standard InChI is InChI=1S/C19H25N5O2/c1-6-23-15(4)16(10-20-23)11-22(5)19(25)18-8-7-17(26-18)12-24-14(3)9-13(2)21-24/h7-10H,6,11-12H2,1-5H3. The normalized spacial score (nSPS) is 11.1. The molecule has 3 rings (SSSR count). The molecule has 7 nitrogen and oxygen atoms in total. The van der Waals surface area contributed by atoms with Crippen LogP contribution in [0.2, 0.25) is 0 Å². The van der Waals surface area contributed by atoms with E-state index in [1.165, 1.54) is 0 Å². The molecule has 0 bridgehead atoms. The summed E-state index contributed by atoms with van der Waals surface area (Å²) in [5.74, 6) is 0.903. The number of amides is 1. The van der Waals surface area contributed by atoms with Crippen molar-refractivity contribution in [3.05, 3.63) is 58.6 Å². The van der Waals surface area contributed by atoms with Crippen molar-refractivity contribution in [1.82, 2.24) is 24.5 Å². The molecule has 3 heterocycles. The Bertz CT molecular complexity index is 918. The first-order valence-electron chi connectivity index (χ1n) is 8.75. The molecule has 0 aromatic carbocycles. The van der Waals surface area contributed by atoms with Gasteiger partial charge in [-0.3, -0.25) is 14.2 Å². The SMILES string of the molecule is CCn1ncc(CN(C)C(=O)c2ccc(Cn3nc(C)cc3C)o2)c1C. The molecule has 0 aliphatic rings. The summed E-state index contributed by atoms with van der Waals surface area (Å²) >= 11 is 0. The van der Waals surface area contributed by atoms with Gasteiger partial charge in [0.25, 0.3) is 5.91 Å². The second-order valence-corrected chi connectivity index (χ2v) is 6.58. The number of carbonyl (C=O) groups excluding carboxylic acids is 1. The van der Waals surface area contributed by atoms with Gasteiger partial charge in [0, 0.05) is 37.1 Å². The predicted octanol–water partition coefficient (Wildman–Crippen LogP) is 2.94. The Balaban J connectivity index is 1.68. The van der Waals surface area contributed by atoms with Crippen LogP contribution >= 0.6 is 0 Å². The Morgan fingerprint density at radius 3 is 2.62 bits per heavy atom. The van der Waals surface area contributed by atoms with E-state index in [0.29, 0.717) is 24.6 Å². The zero-order valence-corrected chi connectivity index (χ0v) is 16.0. The van der Waals surface area contributed by atoms with Gasteiger partial charge in [0.15, 0.2) is 5.76 Å². The lowest BCUT2D eigenvalue weighted by atomic mass is 10.2. The molecule has 0 spiro atoms. The van der Waals surface area contributed by atoms with Crippen molar-refractivity contribution >= 4 is 5.91 Å². The summed E-state index contributed by atoms with van der Waals surface area (Å²) in [4.78, 5) is 14.3. The van der Waals surface area contributed by atoms with Crippen molar-refractivity contribution in [3.8, 4) is 0 Å². The van der Waals surface area contributed by atoms with Gasteiger partial charge in [0.2, 0.25) is 0 Å². The zero-order valence-electron chi connectivity index (χ0n) is 16.0. The maximum absolute atomic E-state index is 12.7. The third-order valence-corrected chi connectivity index (χ3v) is 4.54. The number of hydrogen-bond donors (Lipinski definition) is 0. The van der Waals surface area contributed by atoms with Crippen LogP contribution in [-0.2, 0) is 19.6 Å². The molecular weight excluding hydrogens is 330 g/mol. The first-order chi connectivity index (χ1) is 12.4. The Hall–Kier alpha value is -2.83. The maximum atomic E-state index is 12.7. The summed E-state index contributed by atoms with van der Waals surface area (Å²) < 4.78 is 9.55. The van der Waals surface area contributed by atoms with Crippen molar-refractivity contribution in [1.29, 1.82) is 0 Å². The fraction of sp³-hybridized carbons (Fsp3) is 0.421. The number of hydrogen-bond acceptors (Lipinski definition) is 4. The number of carbonyl (C=O) groups is 1. The van der Waals surface area contributed by atoms with Crippen molar-refractivity contribution in [2.75, 3.05) is 7.05 Å². The fourth-order valence-electron chi connectivity index (χ4n) is 3.04. The first kappa shape index (κ1) is 18.0. The van der Waals surface area contributed by atoms with Crippen LogP contribution in [0, 0.1) is 20.8 Å². The van der Waals surface area contributed by atoms with Gasteiger partial charge in [0.1, 0.15) is 5.76 Å². The van der Waals surface area contributed by atoms with E-state index in [1.807, 2.05) is 55.4 Å². The topological polar surface area (TPSA) is 69.1 Å². The molecule has 0 N–H and O–H groups in total. The van der Waals surface area contributed by atoms with E-state index in [0.717, 1.165) is 29.2 Å². The van der Waals surface area contributed by atoms with Crippen molar-refractivity contribution in [2.24, 2.45) is 0 Å². The molecular formula is C19H25N5O2. The van der Waals surface area contributed by atoms with Gasteiger partial charge < -0.3 is 9.32 Å². The van der Waals surface area contributed by atoms with Crippen LogP contribution in [0.15, 0.2) is 28.8 Å². The Morgan fingerprint density at radius 2 is 2.00 bits per heavy atom. The number of aryl methyl sites for hydroxylation is 3. The molecule has 7 heteroatoms. The van der Waals surface area contributed by atoms with Gasteiger partial charge in [-0.25, -0.2) is 0 Å². The van der Waals surface area contributed by atoms with Gasteiger partial charge in [-0.15, -0.1) is 0 Å². The van der Waals surface area contributed by atoms with Crippen LogP contribution in [0.25, 0.3) is 0 Å². The summed E-state index contributed by atoms with van der Waals surface area (Å²) in [6.07, 6.45) is 1.82. The lowest BCUT2D eigenvalue weighted by Crippen LogP contribution is -2.26. The van der Waals surface area contributed by atoms with E-state index in [9.17, 15) is 4.79 Å². The molecule has 0 aliphatic heterocycles. The van der Waals surface area contributed by atoms with E-state index in [-0.39, 0.29) is 5.91 Å². The molecule has 0 saturated heterocycles. The van der Waals surface area contributed by atoms with Crippen LogP contribution < -0.4 is 0 Å². The predicted molar refractivity (Wildman–Crippen MR) is 97.9 cm³/mol. The summed E-state index contributed by atoms with van der Waals surface area (Å²) in [6, 6.07) is 5.57. The van der Waals surface area contributed by atoms with Gasteiger partial charge in [-0.2, -0.15) is 10.2 Å². The molecule has 0 fully saturated rings. The molecule has 3 aromatic rings. The van der Waals surface area contributed by atoms with E-state index < -0.39 is 0 Å². The van der Waals surface area contributed by atoms with E-state index in [2.05, 4.69) is 10.2 Å². The number of rotatable bonds is 6. The van der Waals surface area contributed by atoms with E-state index in [1.54, 1.807) is 18.0 Å². The molecule has 0 unspecified atom stereocenters. The average Bonchev–Trinajstić information content (AvgIpc) is 3.28. The maximum Gasteiger partial charge on any atom is 0.289 e. The molecule has 26 heavy (non-hydrogen) atoms. The number of furan rings is 1. The molecule has 0 radical (unpaired) electrons. The Morgan fingerprint density at radius 1 is 1.23 bits per heavy atom. The highest BCUT2D eigenvalue weighted by molar-refractivity contribution is 5.91. The van der Waals surface area contributed by atoms with Crippen LogP contribution in [0.1, 0.15) is 45.9 Å². The molecule has 1 amide bonds. The van der Waals surface area contributed by atoms with Crippen LogP contribution in [-0.4, -0.2) is 37.4 Å². The minimum Gasteiger partial charge on any atom is -0.454 e. The van der Waals surface area contributed by atoms with Crippen LogP contribution in [0.4, 0.5) is 0 Å². The summed E-state index contributed by atoms with van der Waals surface area (Å²) in [6.45, 7) is 9.85. The van der Waals surface area contributed by atoms with E-state index >= 15 is 0 Å². The van der Waals surface area contributed by atoms with Crippen molar-refractivity contribution in [3.63, 3.8) is 0 Å². The third-order valence-electron chi connectivity index (χ3n) is 4.54. The average molecular weight is 355 g/mol. The summed E-state index contributed by atoms with van der Waals surface area (Å²) in [7, 11) is 1.77. The quantitative estimate of drug-likeness (QED) is 0.682. The minimum atomic E-state index is -0.145. The monoisotopic (exact) mass is 355 g/mol. The van der Waals surface area contributed by atoms with E-state index in [4.69, 9.17) is 4.42 Å². The first-order valence-corrected chi connectivity index (χ1v) is 8.75. The zero-order chi connectivity index (χ0) is 18.8. The highest BCUT2D eigenvalue weighted by Crippen LogP contribution is 2.16. The molecule has 3 aromatic heterocycles. The van der Waals surface area contributed by atoms with Crippen LogP contribution in [0.5, 0.6) is 0 Å². The third kappa shape index (κ3) is 3.56. The summed E-state index contributed by atoms with van der Waals surface area (Å²) in [5, 5.41) is 8.75. The van der Waals surface area contributed by atoms with Crippen molar-refractivity contribution < 1.29 is 9.21 Å². The fourth-order valence-corrected chi connectivity index (χ4v) is 3.04. The Labute approximate surface area is 153 Å². The van der Waals surface area contributed by atoms with Gasteiger partial charge in [-0.05, 0) is 45.9 Å². The summed E-state index contributed by atoms with van der Waals surface area (Å²) in [5.41, 5.74) is 4.15. The van der Waals surface area contributed by atoms with Crippen molar-refractivity contribution in [2.45, 2.75) is 47.3 Å². The molecule has 0 aliphatic carbocycles. The van der Waals surface area contributed by atoms with Gasteiger partial charge >= 0.3 is 0 Å². The molecule has 0 saturated carbocycles. The second-order valence-electron chi connectivity index (χ2n) is 6.58. The van der Waals surface area contributed by atoms with Crippen LogP contribution in [0.3, 0.4) is 0 Å². The number of aromatic nitrogens is 4. The molecule has 0 atom stereocenters. The van der Waals surface area contributed by atoms with Gasteiger partial charge in [0.05, 0.1) is 18.4 Å².